The summed E-state index contributed by atoms with van der Waals surface area (Å²) in [7, 11) is 0. The molecule has 1 saturated carbocycles. The van der Waals surface area contributed by atoms with Crippen LogP contribution in [-0.2, 0) is 0 Å². The Morgan fingerprint density at radius 1 is 1.40 bits per heavy atom. The van der Waals surface area contributed by atoms with Gasteiger partial charge in [0.15, 0.2) is 0 Å². The number of aliphatic hydroxyl groups is 2. The quantitative estimate of drug-likeness (QED) is 0.783. The third-order valence-electron chi connectivity index (χ3n) is 4.32. The Kier molecular flexibility index (Phi) is 5.44. The molecular formula is C16H24ClNO2. The molecule has 0 radical (unpaired) electrons. The van der Waals surface area contributed by atoms with Crippen molar-refractivity contribution < 1.29 is 10.2 Å². The maximum Gasteiger partial charge on any atom is 0.0914 e. The Labute approximate surface area is 126 Å². The van der Waals surface area contributed by atoms with Gasteiger partial charge in [-0.05, 0) is 36.5 Å². The van der Waals surface area contributed by atoms with Crippen molar-refractivity contribution in [2.75, 3.05) is 13.2 Å². The normalized spacial score (nSPS) is 28.3. The van der Waals surface area contributed by atoms with Gasteiger partial charge in [-0.25, -0.2) is 0 Å². The van der Waals surface area contributed by atoms with Gasteiger partial charge in [0.2, 0.25) is 0 Å². The summed E-state index contributed by atoms with van der Waals surface area (Å²) in [5, 5.41) is 24.0. The van der Waals surface area contributed by atoms with E-state index in [9.17, 15) is 10.2 Å². The second-order valence-electron chi connectivity index (χ2n) is 6.09. The number of β-amino-alcohol motifs (C(OH)–C–C–N with tert-alkyl or cyclic N) is 1. The molecule has 0 spiro atoms. The lowest BCUT2D eigenvalue weighted by molar-refractivity contribution is 0.0789. The third kappa shape index (κ3) is 3.95. The molecule has 0 saturated heterocycles. The van der Waals surface area contributed by atoms with Crippen molar-refractivity contribution in [3.63, 3.8) is 0 Å². The third-order valence-corrected chi connectivity index (χ3v) is 4.57. The van der Waals surface area contributed by atoms with E-state index in [1.807, 2.05) is 12.1 Å². The smallest absolute Gasteiger partial charge is 0.0914 e. The summed E-state index contributed by atoms with van der Waals surface area (Å²) in [4.78, 5) is 0. The molecule has 3 nitrogen and oxygen atoms in total. The second-order valence-corrected chi connectivity index (χ2v) is 6.52. The van der Waals surface area contributed by atoms with Crippen LogP contribution in [0.2, 0.25) is 5.02 Å². The Bertz CT molecular complexity index is 423. The van der Waals surface area contributed by atoms with Crippen LogP contribution >= 0.6 is 11.6 Å². The van der Waals surface area contributed by atoms with Gasteiger partial charge < -0.3 is 15.5 Å². The van der Waals surface area contributed by atoms with Gasteiger partial charge >= 0.3 is 0 Å². The second kappa shape index (κ2) is 6.90. The van der Waals surface area contributed by atoms with Gasteiger partial charge in [0.05, 0.1) is 12.7 Å². The van der Waals surface area contributed by atoms with E-state index in [-0.39, 0.29) is 12.1 Å². The van der Waals surface area contributed by atoms with Crippen molar-refractivity contribution in [2.24, 2.45) is 5.92 Å². The Morgan fingerprint density at radius 3 is 2.70 bits per heavy atom. The predicted octanol–water partition coefficient (Wildman–Crippen LogP) is 2.90. The molecule has 112 valence electrons. The summed E-state index contributed by atoms with van der Waals surface area (Å²) in [5.74, 6) is 0.621. The van der Waals surface area contributed by atoms with Crippen LogP contribution in [0.5, 0.6) is 0 Å². The van der Waals surface area contributed by atoms with Crippen molar-refractivity contribution in [3.05, 3.63) is 34.9 Å². The van der Waals surface area contributed by atoms with Crippen molar-refractivity contribution in [1.82, 2.24) is 5.32 Å². The summed E-state index contributed by atoms with van der Waals surface area (Å²) in [5.41, 5.74) is 0.615. The monoisotopic (exact) mass is 297 g/mol. The first-order valence-electron chi connectivity index (χ1n) is 7.34. The highest BCUT2D eigenvalue weighted by Gasteiger charge is 2.34. The lowest BCUT2D eigenvalue weighted by Crippen LogP contribution is -2.52. The Balaban J connectivity index is 1.94. The SMILES string of the molecule is CC1CCCC(CO)(NCC(O)c2ccc(Cl)cc2)C1. The fourth-order valence-corrected chi connectivity index (χ4v) is 3.26. The number of halogens is 1. The van der Waals surface area contributed by atoms with Gasteiger partial charge in [-0.2, -0.15) is 0 Å². The van der Waals surface area contributed by atoms with Crippen LogP contribution < -0.4 is 5.32 Å². The van der Waals surface area contributed by atoms with Crippen molar-refractivity contribution in [2.45, 2.75) is 44.2 Å². The van der Waals surface area contributed by atoms with E-state index in [1.165, 1.54) is 6.42 Å². The number of hydrogen-bond acceptors (Lipinski definition) is 3. The molecule has 0 heterocycles. The fraction of sp³-hybridized carbons (Fsp3) is 0.625. The maximum absolute atomic E-state index is 10.2. The largest absolute Gasteiger partial charge is 0.394 e. The molecule has 1 aliphatic rings. The standard InChI is InChI=1S/C16H24ClNO2/c1-12-3-2-8-16(9-12,11-19)18-10-15(20)13-4-6-14(17)7-5-13/h4-7,12,15,18-20H,2-3,8-11H2,1H3. The summed E-state index contributed by atoms with van der Waals surface area (Å²) in [6.45, 7) is 2.81. The first kappa shape index (κ1) is 15.8. The fourth-order valence-electron chi connectivity index (χ4n) is 3.14. The van der Waals surface area contributed by atoms with Crippen LogP contribution in [0, 0.1) is 5.92 Å². The molecule has 3 atom stereocenters. The zero-order valence-corrected chi connectivity index (χ0v) is 12.7. The molecule has 0 bridgehead atoms. The molecule has 20 heavy (non-hydrogen) atoms. The number of rotatable bonds is 5. The summed E-state index contributed by atoms with van der Waals surface area (Å²) >= 11 is 5.85. The molecule has 0 amide bonds. The number of benzene rings is 1. The molecule has 1 fully saturated rings. The highest BCUT2D eigenvalue weighted by molar-refractivity contribution is 6.30. The molecule has 0 aromatic heterocycles. The van der Waals surface area contributed by atoms with Gasteiger partial charge in [-0.3, -0.25) is 0 Å². The number of aliphatic hydroxyl groups excluding tert-OH is 2. The van der Waals surface area contributed by atoms with Crippen molar-refractivity contribution in [3.8, 4) is 0 Å². The number of nitrogens with one attached hydrogen (secondary N) is 1. The van der Waals surface area contributed by atoms with Gasteiger partial charge in [-0.15, -0.1) is 0 Å². The minimum Gasteiger partial charge on any atom is -0.394 e. The van der Waals surface area contributed by atoms with Gasteiger partial charge in [0.25, 0.3) is 0 Å². The minimum absolute atomic E-state index is 0.130. The molecule has 3 N–H and O–H groups in total. The summed E-state index contributed by atoms with van der Waals surface area (Å²) < 4.78 is 0. The average Bonchev–Trinajstić information content (AvgIpc) is 2.45. The average molecular weight is 298 g/mol. The molecule has 2 rings (SSSR count). The van der Waals surface area contributed by atoms with E-state index in [0.717, 1.165) is 24.8 Å². The molecule has 1 aromatic rings. The number of hydrogen-bond donors (Lipinski definition) is 3. The van der Waals surface area contributed by atoms with Crippen LogP contribution in [0.3, 0.4) is 0 Å². The maximum atomic E-state index is 10.2. The molecule has 1 aliphatic carbocycles. The van der Waals surface area contributed by atoms with Crippen LogP contribution in [0.4, 0.5) is 0 Å². The Morgan fingerprint density at radius 2 is 2.10 bits per heavy atom. The van der Waals surface area contributed by atoms with Gasteiger partial charge in [-0.1, -0.05) is 43.5 Å². The van der Waals surface area contributed by atoms with Gasteiger partial charge in [0.1, 0.15) is 0 Å². The van der Waals surface area contributed by atoms with Gasteiger partial charge in [0, 0.05) is 17.1 Å². The Hall–Kier alpha value is -0.610. The summed E-state index contributed by atoms with van der Waals surface area (Å²) in [6, 6.07) is 7.24. The van der Waals surface area contributed by atoms with Crippen LogP contribution in [0.1, 0.15) is 44.3 Å². The van der Waals surface area contributed by atoms with E-state index in [0.29, 0.717) is 17.5 Å². The topological polar surface area (TPSA) is 52.5 Å². The lowest BCUT2D eigenvalue weighted by atomic mass is 9.76. The van der Waals surface area contributed by atoms with Crippen LogP contribution in [-0.4, -0.2) is 28.9 Å². The van der Waals surface area contributed by atoms with E-state index < -0.39 is 6.10 Å². The first-order valence-corrected chi connectivity index (χ1v) is 7.72. The molecule has 4 heteroatoms. The molecule has 0 aliphatic heterocycles. The van der Waals surface area contributed by atoms with Crippen LogP contribution in [0.15, 0.2) is 24.3 Å². The van der Waals surface area contributed by atoms with E-state index in [2.05, 4.69) is 12.2 Å². The molecule has 3 unspecified atom stereocenters. The van der Waals surface area contributed by atoms with E-state index in [1.54, 1.807) is 12.1 Å². The highest BCUT2D eigenvalue weighted by Crippen LogP contribution is 2.32. The molecule has 1 aromatic carbocycles. The van der Waals surface area contributed by atoms with Crippen molar-refractivity contribution >= 4 is 11.6 Å². The first-order chi connectivity index (χ1) is 9.54. The lowest BCUT2D eigenvalue weighted by Gasteiger charge is -2.40. The zero-order chi connectivity index (χ0) is 14.6. The summed E-state index contributed by atoms with van der Waals surface area (Å²) in [6.07, 6.45) is 3.72. The van der Waals surface area contributed by atoms with E-state index in [4.69, 9.17) is 11.6 Å². The predicted molar refractivity (Wildman–Crippen MR) is 81.9 cm³/mol. The zero-order valence-electron chi connectivity index (χ0n) is 12.0. The molecular weight excluding hydrogens is 274 g/mol. The minimum atomic E-state index is -0.576. The van der Waals surface area contributed by atoms with Crippen molar-refractivity contribution in [1.29, 1.82) is 0 Å². The highest BCUT2D eigenvalue weighted by atomic mass is 35.5. The van der Waals surface area contributed by atoms with E-state index >= 15 is 0 Å². The van der Waals surface area contributed by atoms with Crippen LogP contribution in [0.25, 0.3) is 0 Å².